The van der Waals surface area contributed by atoms with Crippen molar-refractivity contribution >= 4 is 10.0 Å². The smallest absolute Gasteiger partial charge is 0.211 e. The summed E-state index contributed by atoms with van der Waals surface area (Å²) in [5.41, 5.74) is 0. The molecule has 0 aromatic rings. The second-order valence-electron chi connectivity index (χ2n) is 5.28. The van der Waals surface area contributed by atoms with Gasteiger partial charge in [0, 0.05) is 12.6 Å². The zero-order valence-electron chi connectivity index (χ0n) is 11.0. The molecule has 0 aliphatic heterocycles. The minimum atomic E-state index is -3.06. The molecule has 2 N–H and O–H groups in total. The molecule has 0 atom stereocenters. The summed E-state index contributed by atoms with van der Waals surface area (Å²) in [5.74, 6) is 0.804. The summed E-state index contributed by atoms with van der Waals surface area (Å²) < 4.78 is 26.1. The molecule has 0 unspecified atom stereocenters. The van der Waals surface area contributed by atoms with E-state index in [-0.39, 0.29) is 5.75 Å². The third-order valence-electron chi connectivity index (χ3n) is 3.21. The molecule has 1 rings (SSSR count). The monoisotopic (exact) mass is 262 g/mol. The number of rotatable bonds is 8. The van der Waals surface area contributed by atoms with Crippen molar-refractivity contribution in [3.63, 3.8) is 0 Å². The highest BCUT2D eigenvalue weighted by Gasteiger charge is 2.17. The molecule has 17 heavy (non-hydrogen) atoms. The van der Waals surface area contributed by atoms with Gasteiger partial charge in [-0.3, -0.25) is 0 Å². The highest BCUT2D eigenvalue weighted by molar-refractivity contribution is 7.89. The molecule has 0 heterocycles. The summed E-state index contributed by atoms with van der Waals surface area (Å²) in [4.78, 5) is 0. The lowest BCUT2D eigenvalue weighted by Gasteiger charge is -2.12. The molecule has 5 heteroatoms. The van der Waals surface area contributed by atoms with E-state index in [4.69, 9.17) is 0 Å². The minimum absolute atomic E-state index is 0.236. The first-order chi connectivity index (χ1) is 7.99. The van der Waals surface area contributed by atoms with Crippen molar-refractivity contribution in [1.29, 1.82) is 0 Å². The topological polar surface area (TPSA) is 58.2 Å². The van der Waals surface area contributed by atoms with Crippen molar-refractivity contribution in [1.82, 2.24) is 10.0 Å². The third-order valence-corrected chi connectivity index (χ3v) is 4.64. The Morgan fingerprint density at radius 1 is 1.24 bits per heavy atom. The Balaban J connectivity index is 2.12. The Bertz CT molecular complexity index is 296. The number of hydrogen-bond acceptors (Lipinski definition) is 3. The van der Waals surface area contributed by atoms with Crippen LogP contribution in [-0.4, -0.2) is 33.3 Å². The van der Waals surface area contributed by atoms with Gasteiger partial charge >= 0.3 is 0 Å². The molecule has 0 spiro atoms. The van der Waals surface area contributed by atoms with Crippen LogP contribution in [0.1, 0.15) is 46.0 Å². The van der Waals surface area contributed by atoms with Crippen molar-refractivity contribution in [2.24, 2.45) is 5.92 Å². The lowest BCUT2D eigenvalue weighted by molar-refractivity contribution is 0.516. The van der Waals surface area contributed by atoms with E-state index in [0.717, 1.165) is 6.54 Å². The van der Waals surface area contributed by atoms with Gasteiger partial charge in [0.2, 0.25) is 10.0 Å². The number of nitrogens with one attached hydrogen (secondary N) is 2. The van der Waals surface area contributed by atoms with Crippen LogP contribution in [0.3, 0.4) is 0 Å². The van der Waals surface area contributed by atoms with Gasteiger partial charge < -0.3 is 5.32 Å². The molecule has 1 saturated carbocycles. The van der Waals surface area contributed by atoms with Crippen molar-refractivity contribution in [2.45, 2.75) is 52.0 Å². The normalized spacial score (nSPS) is 18.1. The van der Waals surface area contributed by atoms with E-state index < -0.39 is 10.0 Å². The van der Waals surface area contributed by atoms with Crippen LogP contribution in [0.5, 0.6) is 0 Å². The molecule has 0 aromatic carbocycles. The standard InChI is InChI=1S/C12H26N2O2S/c1-11(2)13-8-5-9-17(15,16)14-10-12-6-3-4-7-12/h11-14H,3-10H2,1-2H3. The minimum Gasteiger partial charge on any atom is -0.314 e. The van der Waals surface area contributed by atoms with Crippen molar-refractivity contribution in [3.05, 3.63) is 0 Å². The number of sulfonamides is 1. The maximum atomic E-state index is 11.7. The predicted molar refractivity (Wildman–Crippen MR) is 71.5 cm³/mol. The van der Waals surface area contributed by atoms with E-state index in [0.29, 0.717) is 24.9 Å². The second-order valence-corrected chi connectivity index (χ2v) is 7.21. The fourth-order valence-corrected chi connectivity index (χ4v) is 3.34. The molecule has 0 saturated heterocycles. The summed E-state index contributed by atoms with van der Waals surface area (Å²) in [6, 6.07) is 0.421. The van der Waals surface area contributed by atoms with Gasteiger partial charge in [0.25, 0.3) is 0 Å². The predicted octanol–water partition coefficient (Wildman–Crippen LogP) is 1.48. The summed E-state index contributed by atoms with van der Waals surface area (Å²) >= 11 is 0. The largest absolute Gasteiger partial charge is 0.314 e. The molecular formula is C12H26N2O2S. The highest BCUT2D eigenvalue weighted by Crippen LogP contribution is 2.23. The Morgan fingerprint density at radius 3 is 2.47 bits per heavy atom. The van der Waals surface area contributed by atoms with E-state index >= 15 is 0 Å². The van der Waals surface area contributed by atoms with Crippen molar-refractivity contribution in [3.8, 4) is 0 Å². The first kappa shape index (κ1) is 14.9. The first-order valence-corrected chi connectivity index (χ1v) is 8.35. The zero-order valence-corrected chi connectivity index (χ0v) is 11.9. The van der Waals surface area contributed by atoms with E-state index in [1.165, 1.54) is 25.7 Å². The van der Waals surface area contributed by atoms with Crippen LogP contribution in [0.25, 0.3) is 0 Å². The van der Waals surface area contributed by atoms with E-state index in [2.05, 4.69) is 23.9 Å². The summed E-state index contributed by atoms with van der Waals surface area (Å²) in [6.07, 6.45) is 5.54. The van der Waals surface area contributed by atoms with E-state index in [1.54, 1.807) is 0 Å². The number of hydrogen-bond donors (Lipinski definition) is 2. The van der Waals surface area contributed by atoms with Crippen molar-refractivity contribution < 1.29 is 8.42 Å². The van der Waals surface area contributed by atoms with E-state index in [1.807, 2.05) is 0 Å². The SMILES string of the molecule is CC(C)NCCCS(=O)(=O)NCC1CCCC1. The average molecular weight is 262 g/mol. The van der Waals surface area contributed by atoms with Gasteiger partial charge in [0.15, 0.2) is 0 Å². The van der Waals surface area contributed by atoms with Gasteiger partial charge in [-0.1, -0.05) is 26.7 Å². The summed E-state index contributed by atoms with van der Waals surface area (Å²) in [5, 5.41) is 3.22. The molecule has 0 amide bonds. The van der Waals surface area contributed by atoms with Crippen LogP contribution < -0.4 is 10.0 Å². The Kier molecular flexibility index (Phi) is 6.44. The van der Waals surface area contributed by atoms with Gasteiger partial charge in [-0.2, -0.15) is 0 Å². The quantitative estimate of drug-likeness (QED) is 0.652. The fraction of sp³-hybridized carbons (Fsp3) is 1.00. The zero-order chi connectivity index (χ0) is 12.7. The van der Waals surface area contributed by atoms with Crippen LogP contribution >= 0.6 is 0 Å². The summed E-state index contributed by atoms with van der Waals surface area (Å²) in [6.45, 7) is 5.53. The summed E-state index contributed by atoms with van der Waals surface area (Å²) in [7, 11) is -3.06. The maximum Gasteiger partial charge on any atom is 0.211 e. The van der Waals surface area contributed by atoms with Gasteiger partial charge in [-0.15, -0.1) is 0 Å². The van der Waals surface area contributed by atoms with Crippen molar-refractivity contribution in [2.75, 3.05) is 18.8 Å². The van der Waals surface area contributed by atoms with Gasteiger partial charge in [-0.05, 0) is 31.7 Å². The van der Waals surface area contributed by atoms with Crippen LogP contribution in [0.2, 0.25) is 0 Å². The van der Waals surface area contributed by atoms with Gasteiger partial charge in [-0.25, -0.2) is 13.1 Å². The Hall–Kier alpha value is -0.130. The molecule has 0 radical (unpaired) electrons. The van der Waals surface area contributed by atoms with Crippen LogP contribution in [0, 0.1) is 5.92 Å². The third kappa shape index (κ3) is 7.01. The Labute approximate surface area is 106 Å². The van der Waals surface area contributed by atoms with Gasteiger partial charge in [0.05, 0.1) is 5.75 Å². The average Bonchev–Trinajstić information content (AvgIpc) is 2.74. The van der Waals surface area contributed by atoms with Crippen LogP contribution in [0.4, 0.5) is 0 Å². The Morgan fingerprint density at radius 2 is 1.88 bits per heavy atom. The molecule has 1 fully saturated rings. The highest BCUT2D eigenvalue weighted by atomic mass is 32.2. The van der Waals surface area contributed by atoms with Crippen LogP contribution in [0.15, 0.2) is 0 Å². The molecule has 1 aliphatic carbocycles. The fourth-order valence-electron chi connectivity index (χ4n) is 2.18. The maximum absolute atomic E-state index is 11.7. The lowest BCUT2D eigenvalue weighted by atomic mass is 10.1. The molecule has 102 valence electrons. The molecule has 0 aromatic heterocycles. The van der Waals surface area contributed by atoms with Gasteiger partial charge in [0.1, 0.15) is 0 Å². The molecular weight excluding hydrogens is 236 g/mol. The molecule has 0 bridgehead atoms. The molecule has 1 aliphatic rings. The van der Waals surface area contributed by atoms with Crippen LogP contribution in [-0.2, 0) is 10.0 Å². The lowest BCUT2D eigenvalue weighted by Crippen LogP contribution is -2.32. The second kappa shape index (κ2) is 7.34. The van der Waals surface area contributed by atoms with E-state index in [9.17, 15) is 8.42 Å². The first-order valence-electron chi connectivity index (χ1n) is 6.70. The molecule has 4 nitrogen and oxygen atoms in total.